The summed E-state index contributed by atoms with van der Waals surface area (Å²) < 4.78 is 5.46. The van der Waals surface area contributed by atoms with E-state index >= 15 is 0 Å². The molecule has 0 radical (unpaired) electrons. The SMILES string of the molecule is CC(C)C(=O)c1nc2nc(N(C(=O)C(C)C)C3O[C@H](CO)[C@@H](O)[C@@H]3O)[nH]c(=O)c2[nH]1. The van der Waals surface area contributed by atoms with Crippen molar-refractivity contribution >= 4 is 28.8 Å². The van der Waals surface area contributed by atoms with Crippen LogP contribution in [0.2, 0.25) is 0 Å². The molecule has 1 unspecified atom stereocenters. The van der Waals surface area contributed by atoms with Crippen LogP contribution in [0.4, 0.5) is 5.95 Å². The molecule has 0 aromatic carbocycles. The number of carbonyl (C=O) groups is 2. The van der Waals surface area contributed by atoms with Gasteiger partial charge in [-0.15, -0.1) is 0 Å². The number of fused-ring (bicyclic) bond motifs is 1. The molecular weight excluding hydrogens is 398 g/mol. The quantitative estimate of drug-likeness (QED) is 0.361. The number of nitrogens with one attached hydrogen (secondary N) is 2. The lowest BCUT2D eigenvalue weighted by molar-refractivity contribution is -0.125. The Kier molecular flexibility index (Phi) is 6.04. The summed E-state index contributed by atoms with van der Waals surface area (Å²) in [7, 11) is 0. The molecule has 1 fully saturated rings. The maximum Gasteiger partial charge on any atom is 0.278 e. The van der Waals surface area contributed by atoms with Crippen LogP contribution >= 0.6 is 0 Å². The summed E-state index contributed by atoms with van der Waals surface area (Å²) in [6.07, 6.45) is -5.52. The van der Waals surface area contributed by atoms with E-state index in [1.807, 2.05) is 0 Å². The third kappa shape index (κ3) is 3.74. The van der Waals surface area contributed by atoms with Gasteiger partial charge in [-0.2, -0.15) is 4.98 Å². The van der Waals surface area contributed by atoms with Crippen molar-refractivity contribution < 1.29 is 29.6 Å². The molecule has 164 valence electrons. The zero-order chi connectivity index (χ0) is 22.3. The number of H-pyrrole nitrogens is 2. The van der Waals surface area contributed by atoms with Crippen LogP contribution in [0.3, 0.4) is 0 Å². The molecule has 2 aromatic rings. The van der Waals surface area contributed by atoms with Crippen molar-refractivity contribution in [2.45, 2.75) is 52.2 Å². The van der Waals surface area contributed by atoms with Crippen LogP contribution < -0.4 is 10.5 Å². The Morgan fingerprint density at radius 2 is 1.77 bits per heavy atom. The molecule has 12 nitrogen and oxygen atoms in total. The van der Waals surface area contributed by atoms with Crippen LogP contribution in [0.15, 0.2) is 4.79 Å². The summed E-state index contributed by atoms with van der Waals surface area (Å²) in [5.41, 5.74) is -0.814. The minimum Gasteiger partial charge on any atom is -0.394 e. The van der Waals surface area contributed by atoms with E-state index in [1.54, 1.807) is 27.7 Å². The van der Waals surface area contributed by atoms with Gasteiger partial charge in [-0.25, -0.2) is 4.98 Å². The number of imidazole rings is 1. The predicted octanol–water partition coefficient (Wildman–Crippen LogP) is -1.09. The van der Waals surface area contributed by atoms with E-state index in [0.29, 0.717) is 0 Å². The number of nitrogens with zero attached hydrogens (tertiary/aromatic N) is 3. The number of hydrogen-bond donors (Lipinski definition) is 5. The first-order valence-corrected chi connectivity index (χ1v) is 9.56. The van der Waals surface area contributed by atoms with Gasteiger partial charge in [0, 0.05) is 11.8 Å². The number of carbonyl (C=O) groups excluding carboxylic acids is 2. The highest BCUT2D eigenvalue weighted by atomic mass is 16.6. The molecule has 1 amide bonds. The van der Waals surface area contributed by atoms with E-state index < -0.39 is 48.5 Å². The molecule has 3 heterocycles. The van der Waals surface area contributed by atoms with Gasteiger partial charge in [0.15, 0.2) is 23.2 Å². The number of anilines is 1. The van der Waals surface area contributed by atoms with Crippen LogP contribution in [0.1, 0.15) is 38.3 Å². The third-order valence-electron chi connectivity index (χ3n) is 4.84. The smallest absolute Gasteiger partial charge is 0.278 e. The zero-order valence-electron chi connectivity index (χ0n) is 17.0. The van der Waals surface area contributed by atoms with Crippen molar-refractivity contribution in [2.75, 3.05) is 11.5 Å². The molecule has 0 saturated carbocycles. The Morgan fingerprint density at radius 3 is 2.30 bits per heavy atom. The Balaban J connectivity index is 2.11. The molecular formula is C18H25N5O7. The van der Waals surface area contributed by atoms with Gasteiger partial charge in [0.25, 0.3) is 5.56 Å². The van der Waals surface area contributed by atoms with Gasteiger partial charge in [-0.3, -0.25) is 24.3 Å². The second-order valence-corrected chi connectivity index (χ2v) is 7.78. The van der Waals surface area contributed by atoms with Crippen LogP contribution in [-0.2, 0) is 9.53 Å². The molecule has 30 heavy (non-hydrogen) atoms. The average Bonchev–Trinajstić information content (AvgIpc) is 3.24. The van der Waals surface area contributed by atoms with E-state index in [9.17, 15) is 29.7 Å². The summed E-state index contributed by atoms with van der Waals surface area (Å²) in [5.74, 6) is -2.11. The number of aromatic amines is 2. The fraction of sp³-hybridized carbons (Fsp3) is 0.611. The first-order valence-electron chi connectivity index (χ1n) is 9.56. The Labute approximate surface area is 170 Å². The monoisotopic (exact) mass is 423 g/mol. The zero-order valence-corrected chi connectivity index (χ0v) is 17.0. The highest BCUT2D eigenvalue weighted by molar-refractivity contribution is 5.97. The predicted molar refractivity (Wildman–Crippen MR) is 104 cm³/mol. The largest absolute Gasteiger partial charge is 0.394 e. The fourth-order valence-corrected chi connectivity index (χ4v) is 3.12. The summed E-state index contributed by atoms with van der Waals surface area (Å²) in [6, 6.07) is 0. The van der Waals surface area contributed by atoms with E-state index in [-0.39, 0.29) is 34.6 Å². The van der Waals surface area contributed by atoms with Gasteiger partial charge in [-0.05, 0) is 0 Å². The molecule has 5 N–H and O–H groups in total. The lowest BCUT2D eigenvalue weighted by atomic mass is 10.1. The number of Topliss-reactive ketones (excluding diaryl/α,β-unsaturated/α-hetero) is 1. The van der Waals surface area contributed by atoms with Gasteiger partial charge in [0.05, 0.1) is 6.61 Å². The number of ether oxygens (including phenoxy) is 1. The normalized spacial score (nSPS) is 24.2. The van der Waals surface area contributed by atoms with Gasteiger partial charge >= 0.3 is 0 Å². The van der Waals surface area contributed by atoms with Gasteiger partial charge < -0.3 is 25.0 Å². The lowest BCUT2D eigenvalue weighted by Gasteiger charge is -2.30. The second kappa shape index (κ2) is 8.22. The molecule has 2 aromatic heterocycles. The molecule has 0 spiro atoms. The lowest BCUT2D eigenvalue weighted by Crippen LogP contribution is -2.50. The summed E-state index contributed by atoms with van der Waals surface area (Å²) >= 11 is 0. The maximum absolute atomic E-state index is 12.9. The first-order chi connectivity index (χ1) is 14.1. The van der Waals surface area contributed by atoms with Crippen molar-refractivity contribution in [2.24, 2.45) is 11.8 Å². The van der Waals surface area contributed by atoms with Gasteiger partial charge in [0.1, 0.15) is 18.3 Å². The molecule has 0 bridgehead atoms. The van der Waals surface area contributed by atoms with E-state index in [2.05, 4.69) is 19.9 Å². The number of amides is 1. The topological polar surface area (TPSA) is 182 Å². The first kappa shape index (κ1) is 22.0. The summed E-state index contributed by atoms with van der Waals surface area (Å²) in [6.45, 7) is 5.98. The minimum atomic E-state index is -1.55. The molecule has 3 rings (SSSR count). The van der Waals surface area contributed by atoms with Crippen molar-refractivity contribution in [3.8, 4) is 0 Å². The van der Waals surface area contributed by atoms with E-state index in [1.165, 1.54) is 0 Å². The van der Waals surface area contributed by atoms with E-state index in [0.717, 1.165) is 4.90 Å². The number of aromatic nitrogens is 4. The standard InChI is InChI=1S/C18H25N5O7/c1-6(2)10(25)14-19-9-13(20-14)21-18(22-15(9)28)23(16(29)7(3)4)17-12(27)11(26)8(5-24)30-17/h6-8,11-12,17,24,26-27H,5H2,1-4H3,(H2,19,20,21,22,28)/t8-,11-,12+,17?/m1/s1. The highest BCUT2D eigenvalue weighted by Gasteiger charge is 2.48. The van der Waals surface area contributed by atoms with Gasteiger partial charge in [0.2, 0.25) is 17.6 Å². The van der Waals surface area contributed by atoms with Crippen LogP contribution in [0.25, 0.3) is 11.2 Å². The molecule has 0 aliphatic carbocycles. The Hall–Kier alpha value is -2.67. The van der Waals surface area contributed by atoms with Crippen molar-refractivity contribution in [1.29, 1.82) is 0 Å². The molecule has 1 aliphatic rings. The number of aliphatic hydroxyl groups excluding tert-OH is 3. The summed E-state index contributed by atoms with van der Waals surface area (Å²) in [5, 5.41) is 29.8. The van der Waals surface area contributed by atoms with Crippen LogP contribution in [0, 0.1) is 11.8 Å². The Bertz CT molecular complexity index is 1010. The van der Waals surface area contributed by atoms with Gasteiger partial charge in [-0.1, -0.05) is 27.7 Å². The molecule has 4 atom stereocenters. The number of rotatable bonds is 6. The number of aliphatic hydroxyl groups is 3. The minimum absolute atomic E-state index is 0.0372. The maximum atomic E-state index is 12.9. The van der Waals surface area contributed by atoms with Crippen molar-refractivity contribution in [3.05, 3.63) is 16.2 Å². The van der Waals surface area contributed by atoms with E-state index in [4.69, 9.17) is 4.74 Å². The third-order valence-corrected chi connectivity index (χ3v) is 4.84. The summed E-state index contributed by atoms with van der Waals surface area (Å²) in [4.78, 5) is 51.9. The van der Waals surface area contributed by atoms with Crippen molar-refractivity contribution in [3.63, 3.8) is 0 Å². The van der Waals surface area contributed by atoms with Crippen molar-refractivity contribution in [1.82, 2.24) is 19.9 Å². The number of hydrogen-bond acceptors (Lipinski definition) is 9. The molecule has 1 saturated heterocycles. The highest BCUT2D eigenvalue weighted by Crippen LogP contribution is 2.28. The molecule has 12 heteroatoms. The average molecular weight is 423 g/mol. The number of ketones is 1. The fourth-order valence-electron chi connectivity index (χ4n) is 3.12. The van der Waals surface area contributed by atoms with Crippen LogP contribution in [-0.4, -0.2) is 78.1 Å². The Morgan fingerprint density at radius 1 is 1.10 bits per heavy atom. The van der Waals surface area contributed by atoms with Crippen LogP contribution in [0.5, 0.6) is 0 Å². The second-order valence-electron chi connectivity index (χ2n) is 7.78. The molecule has 1 aliphatic heterocycles.